The molecule has 43 heavy (non-hydrogen) atoms. The van der Waals surface area contributed by atoms with Gasteiger partial charge in [-0.05, 0) is 48.6 Å². The maximum absolute atomic E-state index is 14.2. The van der Waals surface area contributed by atoms with Crippen LogP contribution in [-0.2, 0) is 16.1 Å². The molecule has 2 heterocycles. The zero-order valence-electron chi connectivity index (χ0n) is 24.8. The Morgan fingerprint density at radius 2 is 1.77 bits per heavy atom. The van der Waals surface area contributed by atoms with E-state index in [0.29, 0.717) is 50.3 Å². The highest BCUT2D eigenvalue weighted by Crippen LogP contribution is 2.33. The monoisotopic (exact) mass is 614 g/mol. The number of para-hydroxylation sites is 1. The molecule has 8 heteroatoms. The molecule has 5 rings (SSSR count). The number of carbonyl (C=O) groups is 1. The van der Waals surface area contributed by atoms with E-state index in [2.05, 4.69) is 26.0 Å². The number of allylic oxidation sites excluding steroid dienone is 1. The number of aromatic nitrogens is 1. The fourth-order valence-corrected chi connectivity index (χ4v) is 6.34. The smallest absolute Gasteiger partial charge is 0.338 e. The van der Waals surface area contributed by atoms with Crippen molar-refractivity contribution < 1.29 is 14.3 Å². The average Bonchev–Trinajstić information content (AvgIpc) is 3.31. The largest absolute Gasteiger partial charge is 0.488 e. The molecule has 1 aliphatic rings. The van der Waals surface area contributed by atoms with Crippen molar-refractivity contribution in [2.75, 3.05) is 6.61 Å². The summed E-state index contributed by atoms with van der Waals surface area (Å²) >= 11 is 7.65. The molecule has 0 unspecified atom stereocenters. The van der Waals surface area contributed by atoms with E-state index in [1.54, 1.807) is 11.5 Å². The third-order valence-corrected chi connectivity index (χ3v) is 8.71. The van der Waals surface area contributed by atoms with Crippen molar-refractivity contribution in [3.05, 3.63) is 131 Å². The van der Waals surface area contributed by atoms with Gasteiger partial charge in [-0.3, -0.25) is 9.36 Å². The summed E-state index contributed by atoms with van der Waals surface area (Å²) in [6.45, 7) is 8.63. The van der Waals surface area contributed by atoms with Crippen molar-refractivity contribution in [2.45, 2.75) is 59.1 Å². The lowest BCUT2D eigenvalue weighted by atomic mass is 9.92. The van der Waals surface area contributed by atoms with Gasteiger partial charge in [-0.15, -0.1) is 0 Å². The van der Waals surface area contributed by atoms with Gasteiger partial charge in [-0.1, -0.05) is 111 Å². The van der Waals surface area contributed by atoms with Crippen LogP contribution < -0.4 is 19.6 Å². The van der Waals surface area contributed by atoms with Crippen molar-refractivity contribution >= 4 is 35.0 Å². The number of carbonyl (C=O) groups excluding carboxylic acids is 1. The number of halogens is 1. The molecule has 1 aliphatic heterocycles. The number of benzene rings is 3. The van der Waals surface area contributed by atoms with Crippen molar-refractivity contribution in [3.63, 3.8) is 0 Å². The van der Waals surface area contributed by atoms with Crippen molar-refractivity contribution in [3.8, 4) is 5.75 Å². The summed E-state index contributed by atoms with van der Waals surface area (Å²) in [4.78, 5) is 33.0. The Bertz CT molecular complexity index is 1840. The molecule has 1 atom stereocenters. The van der Waals surface area contributed by atoms with Gasteiger partial charge in [0.15, 0.2) is 4.80 Å². The fraction of sp³-hybridized carbons (Fsp3) is 0.286. The van der Waals surface area contributed by atoms with Crippen LogP contribution in [0.1, 0.15) is 74.8 Å². The minimum absolute atomic E-state index is 0.222. The number of hydrogen-bond donors (Lipinski definition) is 0. The van der Waals surface area contributed by atoms with Gasteiger partial charge in [0.25, 0.3) is 5.56 Å². The van der Waals surface area contributed by atoms with Crippen LogP contribution in [0.3, 0.4) is 0 Å². The summed E-state index contributed by atoms with van der Waals surface area (Å²) in [6.07, 6.45) is 3.22. The molecule has 0 radical (unpaired) electrons. The van der Waals surface area contributed by atoms with Gasteiger partial charge in [0, 0.05) is 16.1 Å². The van der Waals surface area contributed by atoms with E-state index in [0.717, 1.165) is 23.1 Å². The van der Waals surface area contributed by atoms with Crippen LogP contribution in [0.5, 0.6) is 5.75 Å². The number of fused-ring (bicyclic) bond motifs is 1. The summed E-state index contributed by atoms with van der Waals surface area (Å²) in [6, 6.07) is 22.6. The number of hydrogen-bond acceptors (Lipinski definition) is 6. The highest BCUT2D eigenvalue weighted by molar-refractivity contribution is 7.07. The van der Waals surface area contributed by atoms with Crippen LogP contribution in [0.15, 0.2) is 93.9 Å². The van der Waals surface area contributed by atoms with Crippen LogP contribution in [0, 0.1) is 0 Å². The summed E-state index contributed by atoms with van der Waals surface area (Å²) in [5.74, 6) is 0.542. The normalized spacial score (nSPS) is 14.9. The number of nitrogens with zero attached hydrogens (tertiary/aromatic N) is 2. The quantitative estimate of drug-likeness (QED) is 0.182. The highest BCUT2D eigenvalue weighted by Gasteiger charge is 2.34. The molecule has 0 fully saturated rings. The Balaban J connectivity index is 1.64. The third-order valence-electron chi connectivity index (χ3n) is 7.36. The number of thiazole rings is 1. The summed E-state index contributed by atoms with van der Waals surface area (Å²) < 4.78 is 13.8. The lowest BCUT2D eigenvalue weighted by Gasteiger charge is -2.26. The van der Waals surface area contributed by atoms with E-state index in [-0.39, 0.29) is 12.2 Å². The van der Waals surface area contributed by atoms with Gasteiger partial charge in [-0.25, -0.2) is 9.79 Å². The van der Waals surface area contributed by atoms with E-state index < -0.39 is 12.0 Å². The molecule has 0 aliphatic carbocycles. The molecule has 1 aromatic heterocycles. The molecule has 0 bridgehead atoms. The topological polar surface area (TPSA) is 69.9 Å². The maximum Gasteiger partial charge on any atom is 0.338 e. The third kappa shape index (κ3) is 6.53. The second-order valence-corrected chi connectivity index (χ2v) is 12.1. The predicted octanol–water partition coefficient (Wildman–Crippen LogP) is 6.93. The first-order valence-electron chi connectivity index (χ1n) is 14.6. The van der Waals surface area contributed by atoms with Crippen LogP contribution in [0.25, 0.3) is 6.08 Å². The molecule has 0 spiro atoms. The minimum Gasteiger partial charge on any atom is -0.488 e. The summed E-state index contributed by atoms with van der Waals surface area (Å²) in [5.41, 5.74) is 4.51. The van der Waals surface area contributed by atoms with Gasteiger partial charge < -0.3 is 9.47 Å². The molecule has 4 aromatic rings. The standard InChI is InChI=1S/C35H35ClN2O4S/c1-5-11-28-31(34(40)41-6-2)32(24-18-16-23(17-19-24)22(3)4)38-33(39)30(43-35(38)37-28)20-25-12-8-10-15-29(25)42-21-26-13-7-9-14-27(26)36/h7-10,12-20,22,32H,5-6,11,21H2,1-4H3/b30-20+/t32-/m1/s1. The Hall–Kier alpha value is -3.94. The molecule has 0 saturated carbocycles. The van der Waals surface area contributed by atoms with Gasteiger partial charge in [0.1, 0.15) is 12.4 Å². The maximum atomic E-state index is 14.2. The summed E-state index contributed by atoms with van der Waals surface area (Å²) in [5, 5.41) is 0.634. The van der Waals surface area contributed by atoms with E-state index in [1.165, 1.54) is 16.9 Å². The summed E-state index contributed by atoms with van der Waals surface area (Å²) in [7, 11) is 0. The average molecular weight is 615 g/mol. The minimum atomic E-state index is -0.646. The van der Waals surface area contributed by atoms with Crippen molar-refractivity contribution in [2.24, 2.45) is 4.99 Å². The number of rotatable bonds is 10. The Morgan fingerprint density at radius 1 is 1.05 bits per heavy atom. The van der Waals surface area contributed by atoms with Crippen LogP contribution in [0.4, 0.5) is 0 Å². The molecule has 6 nitrogen and oxygen atoms in total. The zero-order valence-corrected chi connectivity index (χ0v) is 26.4. The van der Waals surface area contributed by atoms with E-state index in [9.17, 15) is 9.59 Å². The predicted molar refractivity (Wildman–Crippen MR) is 172 cm³/mol. The number of esters is 1. The van der Waals surface area contributed by atoms with E-state index in [1.807, 2.05) is 73.7 Å². The van der Waals surface area contributed by atoms with Crippen LogP contribution in [0.2, 0.25) is 5.02 Å². The Morgan fingerprint density at radius 3 is 2.47 bits per heavy atom. The van der Waals surface area contributed by atoms with Crippen LogP contribution >= 0.6 is 22.9 Å². The molecular weight excluding hydrogens is 580 g/mol. The second kappa shape index (κ2) is 13.6. The number of ether oxygens (including phenoxy) is 2. The van der Waals surface area contributed by atoms with Gasteiger partial charge >= 0.3 is 5.97 Å². The lowest BCUT2D eigenvalue weighted by Crippen LogP contribution is -2.40. The molecule has 0 amide bonds. The lowest BCUT2D eigenvalue weighted by molar-refractivity contribution is -0.139. The van der Waals surface area contributed by atoms with E-state index >= 15 is 0 Å². The fourth-order valence-electron chi connectivity index (χ4n) is 5.14. The highest BCUT2D eigenvalue weighted by atomic mass is 35.5. The second-order valence-electron chi connectivity index (χ2n) is 10.7. The van der Waals surface area contributed by atoms with Crippen LogP contribution in [-0.4, -0.2) is 17.1 Å². The molecule has 3 aromatic carbocycles. The first-order valence-corrected chi connectivity index (χ1v) is 15.8. The zero-order chi connectivity index (χ0) is 30.5. The first-order chi connectivity index (χ1) is 20.8. The molecule has 0 N–H and O–H groups in total. The van der Waals surface area contributed by atoms with E-state index in [4.69, 9.17) is 26.1 Å². The van der Waals surface area contributed by atoms with Gasteiger partial charge in [-0.2, -0.15) is 0 Å². The SMILES string of the molecule is CCCC1=C(C(=O)OCC)[C@@H](c2ccc(C(C)C)cc2)n2c(s/c(=C/c3ccccc3OCc3ccccc3Cl)c2=O)=N1. The van der Waals surface area contributed by atoms with Gasteiger partial charge in [0.2, 0.25) is 0 Å². The molecule has 0 saturated heterocycles. The molecule has 222 valence electrons. The van der Waals surface area contributed by atoms with Crippen molar-refractivity contribution in [1.82, 2.24) is 4.57 Å². The Kier molecular flexibility index (Phi) is 9.63. The first kappa shape index (κ1) is 30.5. The Labute approximate surface area is 260 Å². The van der Waals surface area contributed by atoms with Crippen molar-refractivity contribution in [1.29, 1.82) is 0 Å². The van der Waals surface area contributed by atoms with Gasteiger partial charge in [0.05, 0.1) is 28.5 Å². The molecular formula is C35H35ClN2O4S.